The number of hydrogen-bond donors (Lipinski definition) is 2. The van der Waals surface area contributed by atoms with Crippen molar-refractivity contribution in [1.29, 1.82) is 0 Å². The van der Waals surface area contributed by atoms with Crippen LogP contribution in [0.3, 0.4) is 0 Å². The third-order valence-electron chi connectivity index (χ3n) is 5.37. The Hall–Kier alpha value is -3.43. The first-order chi connectivity index (χ1) is 16.5. The molecule has 0 spiro atoms. The van der Waals surface area contributed by atoms with E-state index in [-0.39, 0.29) is 24.5 Å². The fraction of sp³-hybridized carbons (Fsp3) is 0.320. The zero-order chi connectivity index (χ0) is 23.9. The minimum absolute atomic E-state index is 0.0168. The Bertz CT molecular complexity index is 1080. The van der Waals surface area contributed by atoms with Crippen molar-refractivity contribution in [3.63, 3.8) is 0 Å². The van der Waals surface area contributed by atoms with Gasteiger partial charge in [0.15, 0.2) is 23.2 Å². The maximum absolute atomic E-state index is 12.9. The second-order valence-corrected chi connectivity index (χ2v) is 8.27. The van der Waals surface area contributed by atoms with Gasteiger partial charge < -0.3 is 24.8 Å². The second kappa shape index (κ2) is 11.1. The summed E-state index contributed by atoms with van der Waals surface area (Å²) in [5.74, 6) is 0.457. The highest BCUT2D eigenvalue weighted by molar-refractivity contribution is 7.80. The number of hydrogen-bond acceptors (Lipinski definition) is 6. The lowest BCUT2D eigenvalue weighted by Crippen LogP contribution is -2.37. The number of nitrogens with one attached hydrogen (secondary N) is 2. The van der Waals surface area contributed by atoms with E-state index < -0.39 is 0 Å². The number of benzene rings is 2. The van der Waals surface area contributed by atoms with Crippen LogP contribution in [0.2, 0.25) is 0 Å². The fourth-order valence-corrected chi connectivity index (χ4v) is 4.03. The summed E-state index contributed by atoms with van der Waals surface area (Å²) in [6, 6.07) is 14.4. The maximum atomic E-state index is 12.9. The van der Waals surface area contributed by atoms with Gasteiger partial charge in [0.2, 0.25) is 0 Å². The minimum Gasteiger partial charge on any atom is -0.490 e. The summed E-state index contributed by atoms with van der Waals surface area (Å²) in [7, 11) is 0. The molecule has 0 radical (unpaired) electrons. The molecule has 0 saturated carbocycles. The van der Waals surface area contributed by atoms with Gasteiger partial charge in [-0.1, -0.05) is 24.3 Å². The van der Waals surface area contributed by atoms with E-state index in [4.69, 9.17) is 26.4 Å². The Kier molecular flexibility index (Phi) is 7.76. The molecule has 34 heavy (non-hydrogen) atoms. The average Bonchev–Trinajstić information content (AvgIpc) is 3.44. The van der Waals surface area contributed by atoms with Gasteiger partial charge in [0.25, 0.3) is 11.8 Å². The Balaban J connectivity index is 1.42. The van der Waals surface area contributed by atoms with E-state index in [1.54, 1.807) is 41.3 Å². The van der Waals surface area contributed by atoms with Crippen LogP contribution in [0.15, 0.2) is 54.2 Å². The van der Waals surface area contributed by atoms with Crippen LogP contribution >= 0.6 is 12.2 Å². The van der Waals surface area contributed by atoms with Crippen molar-refractivity contribution >= 4 is 40.9 Å². The first-order valence-electron chi connectivity index (χ1n) is 11.2. The number of nitrogens with zero attached hydrogens (tertiary/aromatic N) is 1. The summed E-state index contributed by atoms with van der Waals surface area (Å²) in [5, 5.41) is 6.15. The number of carbonyl (C=O) groups excluding carboxylic acids is 2. The van der Waals surface area contributed by atoms with Crippen molar-refractivity contribution in [2.24, 2.45) is 0 Å². The van der Waals surface area contributed by atoms with Gasteiger partial charge in [-0.05, 0) is 67.9 Å². The molecule has 2 aliphatic rings. The van der Waals surface area contributed by atoms with Crippen molar-refractivity contribution in [2.45, 2.75) is 25.9 Å². The topological polar surface area (TPSA) is 89.1 Å². The number of para-hydroxylation sites is 1. The van der Waals surface area contributed by atoms with Crippen molar-refractivity contribution in [3.8, 4) is 11.5 Å². The largest absolute Gasteiger partial charge is 0.490 e. The van der Waals surface area contributed by atoms with Gasteiger partial charge in [-0.3, -0.25) is 14.5 Å². The Morgan fingerprint density at radius 3 is 2.79 bits per heavy atom. The number of anilines is 1. The molecule has 4 rings (SSSR count). The molecule has 0 aromatic heterocycles. The molecule has 1 unspecified atom stereocenters. The summed E-state index contributed by atoms with van der Waals surface area (Å²) in [5.41, 5.74) is 1.83. The number of amides is 2. The molecular formula is C25H27N3O5S. The summed E-state index contributed by atoms with van der Waals surface area (Å²) in [4.78, 5) is 26.6. The molecule has 2 aliphatic heterocycles. The smallest absolute Gasteiger partial charge is 0.276 e. The highest BCUT2D eigenvalue weighted by Crippen LogP contribution is 2.30. The van der Waals surface area contributed by atoms with E-state index in [0.717, 1.165) is 25.0 Å². The fourth-order valence-electron chi connectivity index (χ4n) is 3.76. The van der Waals surface area contributed by atoms with E-state index in [1.165, 1.54) is 0 Å². The van der Waals surface area contributed by atoms with Gasteiger partial charge in [0.05, 0.1) is 19.3 Å². The Morgan fingerprint density at radius 1 is 1.24 bits per heavy atom. The van der Waals surface area contributed by atoms with Crippen LogP contribution in [-0.4, -0.2) is 54.3 Å². The monoisotopic (exact) mass is 481 g/mol. The third-order valence-corrected chi connectivity index (χ3v) is 5.69. The van der Waals surface area contributed by atoms with Crippen molar-refractivity contribution in [2.75, 3.05) is 31.7 Å². The summed E-state index contributed by atoms with van der Waals surface area (Å²) >= 11 is 5.35. The molecule has 2 heterocycles. The van der Waals surface area contributed by atoms with Crippen molar-refractivity contribution in [1.82, 2.24) is 10.2 Å². The quantitative estimate of drug-likeness (QED) is 0.419. The van der Waals surface area contributed by atoms with Crippen LogP contribution < -0.4 is 20.1 Å². The lowest BCUT2D eigenvalue weighted by Gasteiger charge is -2.18. The first-order valence-corrected chi connectivity index (χ1v) is 11.6. The van der Waals surface area contributed by atoms with Crippen LogP contribution in [0.4, 0.5) is 5.69 Å². The van der Waals surface area contributed by atoms with Crippen LogP contribution in [0.5, 0.6) is 11.5 Å². The average molecular weight is 482 g/mol. The third kappa shape index (κ3) is 5.92. The van der Waals surface area contributed by atoms with Gasteiger partial charge in [0.1, 0.15) is 5.70 Å². The molecule has 2 aromatic rings. The van der Waals surface area contributed by atoms with Crippen LogP contribution in [0, 0.1) is 0 Å². The van der Waals surface area contributed by atoms with E-state index in [9.17, 15) is 9.59 Å². The van der Waals surface area contributed by atoms with Gasteiger partial charge in [-0.2, -0.15) is 0 Å². The minimum atomic E-state index is -0.277. The van der Waals surface area contributed by atoms with Crippen molar-refractivity contribution in [3.05, 3.63) is 59.8 Å². The molecular weight excluding hydrogens is 454 g/mol. The lowest BCUT2D eigenvalue weighted by atomic mass is 10.1. The lowest BCUT2D eigenvalue weighted by molar-refractivity contribution is -0.123. The summed E-state index contributed by atoms with van der Waals surface area (Å²) in [6.07, 6.45) is 3.66. The predicted molar refractivity (Wildman–Crippen MR) is 133 cm³/mol. The van der Waals surface area contributed by atoms with Crippen LogP contribution in [-0.2, 0) is 14.3 Å². The molecule has 0 aliphatic carbocycles. The highest BCUT2D eigenvalue weighted by Gasteiger charge is 2.33. The molecule has 0 bridgehead atoms. The van der Waals surface area contributed by atoms with Crippen LogP contribution in [0.25, 0.3) is 6.08 Å². The molecule has 2 N–H and O–H groups in total. The van der Waals surface area contributed by atoms with Gasteiger partial charge >= 0.3 is 0 Å². The van der Waals surface area contributed by atoms with Gasteiger partial charge in [-0.25, -0.2) is 0 Å². The summed E-state index contributed by atoms with van der Waals surface area (Å²) < 4.78 is 17.0. The number of ether oxygens (including phenoxy) is 3. The Morgan fingerprint density at radius 2 is 2.06 bits per heavy atom. The number of thiocarbonyl (C=S) groups is 1. The van der Waals surface area contributed by atoms with Crippen molar-refractivity contribution < 1.29 is 23.8 Å². The van der Waals surface area contributed by atoms with E-state index in [1.807, 2.05) is 25.1 Å². The molecule has 2 aromatic carbocycles. The van der Waals surface area contributed by atoms with E-state index in [0.29, 0.717) is 41.1 Å². The zero-order valence-electron chi connectivity index (χ0n) is 18.9. The molecule has 8 nitrogen and oxygen atoms in total. The Labute approximate surface area is 203 Å². The normalized spacial score (nSPS) is 18.8. The van der Waals surface area contributed by atoms with Crippen LogP contribution in [0.1, 0.15) is 25.3 Å². The number of carbonyl (C=O) groups is 2. The molecule has 9 heteroatoms. The van der Waals surface area contributed by atoms with Gasteiger partial charge in [0, 0.05) is 12.3 Å². The molecule has 2 fully saturated rings. The van der Waals surface area contributed by atoms with E-state index >= 15 is 0 Å². The molecule has 1 atom stereocenters. The standard InChI is InChI=1S/C25H27N3O5S/c1-2-31-22-14-17(10-11-21(22)33-16-23(29)26-18-7-4-3-5-8-18)13-20-24(30)28(25(34)27-20)15-19-9-6-12-32-19/h3-5,7-8,10-11,13-14,19H,2,6,9,12,15-16H2,1H3,(H,26,29)(H,27,34)/b20-13+. The first kappa shape index (κ1) is 23.7. The summed E-state index contributed by atoms with van der Waals surface area (Å²) in [6.45, 7) is 3.29. The predicted octanol–water partition coefficient (Wildman–Crippen LogP) is 3.34. The zero-order valence-corrected chi connectivity index (χ0v) is 19.7. The molecule has 178 valence electrons. The second-order valence-electron chi connectivity index (χ2n) is 7.88. The van der Waals surface area contributed by atoms with Gasteiger partial charge in [-0.15, -0.1) is 0 Å². The molecule has 2 amide bonds. The molecule has 2 saturated heterocycles. The SMILES string of the molecule is CCOc1cc(/C=C2/NC(=S)N(CC3CCCO3)C2=O)ccc1OCC(=O)Nc1ccccc1. The highest BCUT2D eigenvalue weighted by atomic mass is 32.1. The number of rotatable bonds is 9. The maximum Gasteiger partial charge on any atom is 0.276 e. The van der Waals surface area contributed by atoms with E-state index in [2.05, 4.69) is 10.6 Å².